The van der Waals surface area contributed by atoms with Gasteiger partial charge in [-0.1, -0.05) is 22.0 Å². The van der Waals surface area contributed by atoms with E-state index in [0.717, 1.165) is 22.1 Å². The molecular formula is C22H19BrO5. The smallest absolute Gasteiger partial charge is 0.335 e. The van der Waals surface area contributed by atoms with Crippen molar-refractivity contribution in [1.29, 1.82) is 0 Å². The third-order valence-corrected chi connectivity index (χ3v) is 5.55. The largest absolute Gasteiger partial charge is 0.478 e. The highest BCUT2D eigenvalue weighted by Crippen LogP contribution is 2.29. The number of hydrogen-bond acceptors (Lipinski definition) is 4. The molecule has 0 aliphatic carbocycles. The minimum absolute atomic E-state index is 0.0118. The second kappa shape index (κ2) is 7.72. The molecule has 0 aliphatic rings. The van der Waals surface area contributed by atoms with Gasteiger partial charge in [-0.15, -0.1) is 0 Å². The molecule has 0 saturated heterocycles. The number of hydrogen-bond donors (Lipinski definition) is 1. The maximum atomic E-state index is 12.6. The fraction of sp³-hybridized carbons (Fsp3) is 0.227. The van der Waals surface area contributed by atoms with Crippen molar-refractivity contribution in [3.8, 4) is 0 Å². The number of rotatable bonds is 6. The van der Waals surface area contributed by atoms with Crippen LogP contribution in [0, 0.1) is 20.8 Å². The maximum Gasteiger partial charge on any atom is 0.335 e. The first-order valence-electron chi connectivity index (χ1n) is 8.78. The lowest BCUT2D eigenvalue weighted by atomic mass is 10.0. The third kappa shape index (κ3) is 3.78. The molecule has 1 heterocycles. The Labute approximate surface area is 170 Å². The second-order valence-corrected chi connectivity index (χ2v) is 7.69. The fourth-order valence-electron chi connectivity index (χ4n) is 3.17. The number of benzene rings is 2. The van der Waals surface area contributed by atoms with Gasteiger partial charge in [0.1, 0.15) is 5.58 Å². The Morgan fingerprint density at radius 2 is 1.64 bits per heavy atom. The topological polar surface area (TPSA) is 84.6 Å². The van der Waals surface area contributed by atoms with Gasteiger partial charge in [-0.2, -0.15) is 0 Å². The summed E-state index contributed by atoms with van der Waals surface area (Å²) in [7, 11) is 0. The second-order valence-electron chi connectivity index (χ2n) is 6.83. The zero-order valence-corrected chi connectivity index (χ0v) is 17.3. The van der Waals surface area contributed by atoms with Crippen molar-refractivity contribution in [3.63, 3.8) is 0 Å². The van der Waals surface area contributed by atoms with Crippen molar-refractivity contribution in [3.05, 3.63) is 68.4 Å². The molecule has 1 aromatic heterocycles. The number of carboxylic acid groups (broad SMARTS) is 1. The zero-order valence-electron chi connectivity index (χ0n) is 15.8. The standard InChI is InChI=1S/C22H19BrO5/c1-11-8-12(2)21-16(13(11)3)10-20(28-21)19(25)7-6-18(24)15-5-4-14(22(26)27)9-17(15)23/h4-5,8-10H,6-7H2,1-3H3,(H,26,27). The predicted octanol–water partition coefficient (Wildman–Crippen LogP) is 5.66. The minimum Gasteiger partial charge on any atom is -0.478 e. The highest BCUT2D eigenvalue weighted by molar-refractivity contribution is 9.10. The molecule has 0 saturated carbocycles. The van der Waals surface area contributed by atoms with Gasteiger partial charge >= 0.3 is 5.97 Å². The summed E-state index contributed by atoms with van der Waals surface area (Å²) in [4.78, 5) is 36.0. The van der Waals surface area contributed by atoms with Gasteiger partial charge < -0.3 is 9.52 Å². The van der Waals surface area contributed by atoms with E-state index in [4.69, 9.17) is 9.52 Å². The predicted molar refractivity (Wildman–Crippen MR) is 109 cm³/mol. The van der Waals surface area contributed by atoms with Gasteiger partial charge in [0.25, 0.3) is 0 Å². The molecule has 0 spiro atoms. The van der Waals surface area contributed by atoms with Gasteiger partial charge in [0, 0.05) is 28.3 Å². The van der Waals surface area contributed by atoms with Crippen LogP contribution < -0.4 is 0 Å². The number of ketones is 2. The first-order valence-corrected chi connectivity index (χ1v) is 9.58. The molecule has 0 radical (unpaired) electrons. The van der Waals surface area contributed by atoms with E-state index in [1.807, 2.05) is 26.8 Å². The average molecular weight is 443 g/mol. The molecule has 3 aromatic rings. The van der Waals surface area contributed by atoms with Crippen molar-refractivity contribution in [2.75, 3.05) is 0 Å². The van der Waals surface area contributed by atoms with E-state index in [1.165, 1.54) is 18.2 Å². The van der Waals surface area contributed by atoms with Crippen LogP contribution in [0.25, 0.3) is 11.0 Å². The Morgan fingerprint density at radius 1 is 0.964 bits per heavy atom. The summed E-state index contributed by atoms with van der Waals surface area (Å²) in [5, 5.41) is 9.91. The van der Waals surface area contributed by atoms with Crippen LogP contribution in [0.15, 0.2) is 39.2 Å². The Hall–Kier alpha value is -2.73. The molecule has 5 nitrogen and oxygen atoms in total. The van der Waals surface area contributed by atoms with Crippen molar-refractivity contribution in [2.24, 2.45) is 0 Å². The molecule has 6 heteroatoms. The Balaban J connectivity index is 1.76. The Bertz CT molecular complexity index is 1120. The lowest BCUT2D eigenvalue weighted by Gasteiger charge is -2.04. The molecule has 0 fully saturated rings. The van der Waals surface area contributed by atoms with Gasteiger partial charge in [-0.3, -0.25) is 9.59 Å². The SMILES string of the molecule is Cc1cc(C)c2oc(C(=O)CCC(=O)c3ccc(C(=O)O)cc3Br)cc2c1C. The van der Waals surface area contributed by atoms with Gasteiger partial charge in [-0.05, 0) is 61.7 Å². The Kier molecular flexibility index (Phi) is 5.52. The molecule has 144 valence electrons. The van der Waals surface area contributed by atoms with Crippen LogP contribution in [0.1, 0.15) is 60.8 Å². The van der Waals surface area contributed by atoms with Crippen LogP contribution >= 0.6 is 15.9 Å². The quantitative estimate of drug-likeness (QED) is 0.497. The molecule has 2 aromatic carbocycles. The normalized spacial score (nSPS) is 11.0. The van der Waals surface area contributed by atoms with Crippen LogP contribution in [0.5, 0.6) is 0 Å². The van der Waals surface area contributed by atoms with Gasteiger partial charge in [-0.25, -0.2) is 4.79 Å². The number of Topliss-reactive ketones (excluding diaryl/α,β-unsaturated/α-hetero) is 2. The van der Waals surface area contributed by atoms with Crippen molar-refractivity contribution in [2.45, 2.75) is 33.6 Å². The van der Waals surface area contributed by atoms with E-state index in [1.54, 1.807) is 6.07 Å². The van der Waals surface area contributed by atoms with E-state index in [2.05, 4.69) is 15.9 Å². The molecule has 0 unspecified atom stereocenters. The highest BCUT2D eigenvalue weighted by atomic mass is 79.9. The molecule has 3 rings (SSSR count). The minimum atomic E-state index is -1.07. The lowest BCUT2D eigenvalue weighted by Crippen LogP contribution is -2.06. The number of aromatic carboxylic acids is 1. The van der Waals surface area contributed by atoms with E-state index in [0.29, 0.717) is 15.6 Å². The van der Waals surface area contributed by atoms with E-state index in [-0.39, 0.29) is 35.7 Å². The van der Waals surface area contributed by atoms with Crippen LogP contribution in [-0.2, 0) is 0 Å². The number of furan rings is 1. The lowest BCUT2D eigenvalue weighted by molar-refractivity contribution is 0.0696. The van der Waals surface area contributed by atoms with E-state index >= 15 is 0 Å². The first kappa shape index (κ1) is 20.0. The third-order valence-electron chi connectivity index (χ3n) is 4.89. The molecule has 0 atom stereocenters. The highest BCUT2D eigenvalue weighted by Gasteiger charge is 2.19. The van der Waals surface area contributed by atoms with Gasteiger partial charge in [0.2, 0.25) is 0 Å². The van der Waals surface area contributed by atoms with E-state index in [9.17, 15) is 14.4 Å². The van der Waals surface area contributed by atoms with Crippen LogP contribution in [0.4, 0.5) is 0 Å². The summed E-state index contributed by atoms with van der Waals surface area (Å²) in [5.41, 5.74) is 4.31. The van der Waals surface area contributed by atoms with Crippen LogP contribution in [0.3, 0.4) is 0 Å². The maximum absolute atomic E-state index is 12.6. The summed E-state index contributed by atoms with van der Waals surface area (Å²) in [6, 6.07) is 7.98. The van der Waals surface area contributed by atoms with E-state index < -0.39 is 5.97 Å². The summed E-state index contributed by atoms with van der Waals surface area (Å²) in [6.07, 6.45) is 0.0285. The van der Waals surface area contributed by atoms with Crippen LogP contribution in [0.2, 0.25) is 0 Å². The number of carbonyl (C=O) groups excluding carboxylic acids is 2. The molecule has 0 bridgehead atoms. The number of fused-ring (bicyclic) bond motifs is 1. The van der Waals surface area contributed by atoms with Crippen LogP contribution in [-0.4, -0.2) is 22.6 Å². The first-order chi connectivity index (χ1) is 13.2. The van der Waals surface area contributed by atoms with Crippen molar-refractivity contribution in [1.82, 2.24) is 0 Å². The number of carboxylic acids is 1. The summed E-state index contributed by atoms with van der Waals surface area (Å²) in [5.74, 6) is -1.30. The fourth-order valence-corrected chi connectivity index (χ4v) is 3.77. The van der Waals surface area contributed by atoms with Gasteiger partial charge in [0.05, 0.1) is 5.56 Å². The van der Waals surface area contributed by atoms with Gasteiger partial charge in [0.15, 0.2) is 17.3 Å². The summed E-state index contributed by atoms with van der Waals surface area (Å²) >= 11 is 3.23. The molecular weight excluding hydrogens is 424 g/mol. The molecule has 28 heavy (non-hydrogen) atoms. The molecule has 0 amide bonds. The molecule has 1 N–H and O–H groups in total. The molecule has 0 aliphatic heterocycles. The monoisotopic (exact) mass is 442 g/mol. The number of aryl methyl sites for hydroxylation is 3. The zero-order chi connectivity index (χ0) is 20.6. The number of halogens is 1. The Morgan fingerprint density at radius 3 is 2.29 bits per heavy atom. The summed E-state index contributed by atoms with van der Waals surface area (Å²) < 4.78 is 6.16. The van der Waals surface area contributed by atoms with Crippen molar-refractivity contribution < 1.29 is 23.9 Å². The summed E-state index contributed by atoms with van der Waals surface area (Å²) in [6.45, 7) is 5.94. The number of carbonyl (C=O) groups is 3. The van der Waals surface area contributed by atoms with Crippen molar-refractivity contribution >= 4 is 44.4 Å². The average Bonchev–Trinajstić information content (AvgIpc) is 3.10.